The van der Waals surface area contributed by atoms with Crippen LogP contribution in [0.3, 0.4) is 0 Å². The number of nitrogens with one attached hydrogen (secondary N) is 2. The third kappa shape index (κ3) is 4.19. The Hall–Kier alpha value is -3.08. The first-order valence-corrected chi connectivity index (χ1v) is 9.21. The van der Waals surface area contributed by atoms with Gasteiger partial charge < -0.3 is 15.2 Å². The smallest absolute Gasteiger partial charge is 0.250 e. The first kappa shape index (κ1) is 18.7. The summed E-state index contributed by atoms with van der Waals surface area (Å²) in [5, 5.41) is 6.46. The first-order valence-electron chi connectivity index (χ1n) is 9.21. The van der Waals surface area contributed by atoms with Gasteiger partial charge >= 0.3 is 0 Å². The number of hydrogen-bond donors (Lipinski definition) is 2. The van der Waals surface area contributed by atoms with Crippen LogP contribution in [0.1, 0.15) is 30.8 Å². The normalized spacial score (nSPS) is 13.0. The zero-order valence-electron chi connectivity index (χ0n) is 16.1. The van der Waals surface area contributed by atoms with Gasteiger partial charge in [-0.2, -0.15) is 0 Å². The lowest BCUT2D eigenvalue weighted by Crippen LogP contribution is -2.47. The summed E-state index contributed by atoms with van der Waals surface area (Å²) in [7, 11) is 0. The number of rotatable bonds is 7. The van der Waals surface area contributed by atoms with Crippen LogP contribution in [0.25, 0.3) is 0 Å². The summed E-state index contributed by atoms with van der Waals surface area (Å²) in [6, 6.07) is 17.8. The van der Waals surface area contributed by atoms with E-state index in [0.29, 0.717) is 6.54 Å². The SMILES string of the molecule is CCn1ccnc1CNC(=O)[C@@](C)(Nc1ccc(C)cc1)c1ccccc1. The van der Waals surface area contributed by atoms with Crippen molar-refractivity contribution in [1.29, 1.82) is 0 Å². The van der Waals surface area contributed by atoms with Crippen LogP contribution in [-0.4, -0.2) is 15.5 Å². The third-order valence-corrected chi connectivity index (χ3v) is 4.80. The molecule has 1 amide bonds. The van der Waals surface area contributed by atoms with Gasteiger partial charge in [0.25, 0.3) is 0 Å². The van der Waals surface area contributed by atoms with E-state index in [0.717, 1.165) is 23.6 Å². The van der Waals surface area contributed by atoms with E-state index < -0.39 is 5.54 Å². The lowest BCUT2D eigenvalue weighted by molar-refractivity contribution is -0.125. The average molecular weight is 362 g/mol. The van der Waals surface area contributed by atoms with Gasteiger partial charge in [-0.25, -0.2) is 4.98 Å². The van der Waals surface area contributed by atoms with Crippen molar-refractivity contribution in [2.24, 2.45) is 0 Å². The standard InChI is InChI=1S/C22H26N4O/c1-4-26-15-14-23-20(26)16-24-21(27)22(3,18-8-6-5-7-9-18)25-19-12-10-17(2)11-13-19/h5-15,25H,4,16H2,1-3H3,(H,24,27)/t22-/m0/s1. The second-order valence-corrected chi connectivity index (χ2v) is 6.79. The lowest BCUT2D eigenvalue weighted by Gasteiger charge is -2.31. The summed E-state index contributed by atoms with van der Waals surface area (Å²) in [4.78, 5) is 17.6. The highest BCUT2D eigenvalue weighted by molar-refractivity contribution is 5.90. The minimum absolute atomic E-state index is 0.0973. The van der Waals surface area contributed by atoms with Crippen LogP contribution in [0.4, 0.5) is 5.69 Å². The Balaban J connectivity index is 1.84. The van der Waals surface area contributed by atoms with Crippen LogP contribution >= 0.6 is 0 Å². The van der Waals surface area contributed by atoms with Gasteiger partial charge in [-0.1, -0.05) is 48.0 Å². The van der Waals surface area contributed by atoms with E-state index in [-0.39, 0.29) is 5.91 Å². The van der Waals surface area contributed by atoms with Gasteiger partial charge in [0.15, 0.2) is 0 Å². The molecule has 140 valence electrons. The highest BCUT2D eigenvalue weighted by Crippen LogP contribution is 2.27. The van der Waals surface area contributed by atoms with Crippen molar-refractivity contribution >= 4 is 11.6 Å². The maximum atomic E-state index is 13.2. The minimum atomic E-state index is -0.903. The molecule has 0 spiro atoms. The molecule has 5 nitrogen and oxygen atoms in total. The second-order valence-electron chi connectivity index (χ2n) is 6.79. The molecule has 0 bridgehead atoms. The molecule has 2 aromatic carbocycles. The molecular weight excluding hydrogens is 336 g/mol. The fourth-order valence-corrected chi connectivity index (χ4v) is 3.09. The van der Waals surface area contributed by atoms with E-state index in [4.69, 9.17) is 0 Å². The molecule has 1 atom stereocenters. The summed E-state index contributed by atoms with van der Waals surface area (Å²) >= 11 is 0. The fraction of sp³-hybridized carbons (Fsp3) is 0.273. The van der Waals surface area contributed by atoms with E-state index in [1.54, 1.807) is 6.20 Å². The second kappa shape index (κ2) is 8.08. The number of carbonyl (C=O) groups is 1. The topological polar surface area (TPSA) is 59.0 Å². The number of benzene rings is 2. The maximum absolute atomic E-state index is 13.2. The maximum Gasteiger partial charge on any atom is 0.250 e. The zero-order valence-corrected chi connectivity index (χ0v) is 16.1. The van der Waals surface area contributed by atoms with Crippen molar-refractivity contribution in [3.05, 3.63) is 83.9 Å². The number of aryl methyl sites for hydroxylation is 2. The molecule has 0 aliphatic heterocycles. The molecule has 3 rings (SSSR count). The highest BCUT2D eigenvalue weighted by atomic mass is 16.2. The number of aromatic nitrogens is 2. The average Bonchev–Trinajstić information content (AvgIpc) is 3.16. The van der Waals surface area contributed by atoms with Crippen LogP contribution < -0.4 is 10.6 Å². The molecule has 0 radical (unpaired) electrons. The van der Waals surface area contributed by atoms with Crippen LogP contribution in [0.5, 0.6) is 0 Å². The van der Waals surface area contributed by atoms with Crippen LogP contribution in [0.2, 0.25) is 0 Å². The molecule has 27 heavy (non-hydrogen) atoms. The molecule has 0 aliphatic rings. The van der Waals surface area contributed by atoms with E-state index in [1.165, 1.54) is 5.56 Å². The molecule has 5 heteroatoms. The van der Waals surface area contributed by atoms with Gasteiger partial charge in [-0.15, -0.1) is 0 Å². The van der Waals surface area contributed by atoms with Gasteiger partial charge in [0.1, 0.15) is 11.4 Å². The molecule has 0 fully saturated rings. The molecule has 1 heterocycles. The van der Waals surface area contributed by atoms with Gasteiger partial charge in [-0.05, 0) is 38.5 Å². The van der Waals surface area contributed by atoms with E-state index in [2.05, 4.69) is 22.5 Å². The summed E-state index contributed by atoms with van der Waals surface area (Å²) in [5.74, 6) is 0.747. The summed E-state index contributed by atoms with van der Waals surface area (Å²) in [5.41, 5.74) is 2.08. The van der Waals surface area contributed by atoms with E-state index in [9.17, 15) is 4.79 Å². The van der Waals surface area contributed by atoms with Crippen LogP contribution in [-0.2, 0) is 23.4 Å². The van der Waals surface area contributed by atoms with Crippen molar-refractivity contribution in [3.8, 4) is 0 Å². The van der Waals surface area contributed by atoms with Crippen molar-refractivity contribution in [1.82, 2.24) is 14.9 Å². The van der Waals surface area contributed by atoms with E-state index in [1.807, 2.05) is 79.2 Å². The Bertz CT molecular complexity index is 886. The van der Waals surface area contributed by atoms with Gasteiger partial charge in [-0.3, -0.25) is 4.79 Å². The largest absolute Gasteiger partial charge is 0.368 e. The molecule has 0 saturated heterocycles. The number of imidazole rings is 1. The Morgan fingerprint density at radius 3 is 2.48 bits per heavy atom. The fourth-order valence-electron chi connectivity index (χ4n) is 3.09. The third-order valence-electron chi connectivity index (χ3n) is 4.80. The number of carbonyl (C=O) groups excluding carboxylic acids is 1. The van der Waals surface area contributed by atoms with Gasteiger partial charge in [0, 0.05) is 24.6 Å². The summed E-state index contributed by atoms with van der Waals surface area (Å²) < 4.78 is 2.02. The predicted octanol–water partition coefficient (Wildman–Crippen LogP) is 3.86. The molecule has 0 saturated carbocycles. The Morgan fingerprint density at radius 2 is 1.81 bits per heavy atom. The monoisotopic (exact) mass is 362 g/mol. The molecule has 0 aliphatic carbocycles. The van der Waals surface area contributed by atoms with Crippen molar-refractivity contribution in [2.45, 2.75) is 39.4 Å². The molecule has 2 N–H and O–H groups in total. The van der Waals surface area contributed by atoms with Crippen molar-refractivity contribution < 1.29 is 4.79 Å². The summed E-state index contributed by atoms with van der Waals surface area (Å²) in [6.07, 6.45) is 3.67. The van der Waals surface area contributed by atoms with Crippen LogP contribution in [0, 0.1) is 6.92 Å². The van der Waals surface area contributed by atoms with E-state index >= 15 is 0 Å². The number of nitrogens with zero attached hydrogens (tertiary/aromatic N) is 2. The number of amides is 1. The highest BCUT2D eigenvalue weighted by Gasteiger charge is 2.35. The minimum Gasteiger partial charge on any atom is -0.368 e. The summed E-state index contributed by atoms with van der Waals surface area (Å²) in [6.45, 7) is 7.22. The molecule has 0 unspecified atom stereocenters. The quantitative estimate of drug-likeness (QED) is 0.671. The van der Waals surface area contributed by atoms with Crippen molar-refractivity contribution in [2.75, 3.05) is 5.32 Å². The Kier molecular flexibility index (Phi) is 5.60. The Labute approximate surface area is 160 Å². The number of hydrogen-bond acceptors (Lipinski definition) is 3. The first-order chi connectivity index (χ1) is 13.0. The zero-order chi connectivity index (χ0) is 19.3. The number of anilines is 1. The molecule has 3 aromatic rings. The van der Waals surface area contributed by atoms with Crippen LogP contribution in [0.15, 0.2) is 67.0 Å². The molecular formula is C22H26N4O. The lowest BCUT2D eigenvalue weighted by atomic mass is 9.90. The predicted molar refractivity (Wildman–Crippen MR) is 108 cm³/mol. The van der Waals surface area contributed by atoms with Gasteiger partial charge in [0.05, 0.1) is 6.54 Å². The Morgan fingerprint density at radius 1 is 1.11 bits per heavy atom. The van der Waals surface area contributed by atoms with Crippen molar-refractivity contribution in [3.63, 3.8) is 0 Å². The van der Waals surface area contributed by atoms with Gasteiger partial charge in [0.2, 0.25) is 5.91 Å². The molecule has 1 aromatic heterocycles.